The highest BCUT2D eigenvalue weighted by Gasteiger charge is 2.02. The summed E-state index contributed by atoms with van der Waals surface area (Å²) in [6.07, 6.45) is 1.75. The molecule has 0 spiro atoms. The van der Waals surface area contributed by atoms with Crippen molar-refractivity contribution in [2.45, 2.75) is 20.4 Å². The van der Waals surface area contributed by atoms with Gasteiger partial charge in [0, 0.05) is 30.1 Å². The summed E-state index contributed by atoms with van der Waals surface area (Å²) in [4.78, 5) is 8.28. The summed E-state index contributed by atoms with van der Waals surface area (Å²) < 4.78 is 5.45. The molecule has 2 rings (SSSR count). The zero-order valence-corrected chi connectivity index (χ0v) is 11.2. The predicted octanol–water partition coefficient (Wildman–Crippen LogP) is 2.38. The van der Waals surface area contributed by atoms with Crippen molar-refractivity contribution in [1.29, 1.82) is 0 Å². The summed E-state index contributed by atoms with van der Waals surface area (Å²) in [5.74, 6) is 2.04. The molecule has 19 heavy (non-hydrogen) atoms. The lowest BCUT2D eigenvalue weighted by molar-refractivity contribution is 0.340. The van der Waals surface area contributed by atoms with E-state index >= 15 is 0 Å². The van der Waals surface area contributed by atoms with Gasteiger partial charge in [-0.25, -0.2) is 9.97 Å². The summed E-state index contributed by atoms with van der Waals surface area (Å²) >= 11 is 0. The molecule has 1 aromatic carbocycles. The van der Waals surface area contributed by atoms with E-state index in [0.29, 0.717) is 24.8 Å². The van der Waals surface area contributed by atoms with Gasteiger partial charge in [-0.1, -0.05) is 6.07 Å². The van der Waals surface area contributed by atoms with Crippen molar-refractivity contribution in [3.8, 4) is 5.75 Å². The first-order chi connectivity index (χ1) is 9.19. The Labute approximate surface area is 112 Å². The Balaban J connectivity index is 2.03. The van der Waals surface area contributed by atoms with Gasteiger partial charge in [0.05, 0.1) is 6.61 Å². The number of hydrogen-bond donors (Lipinski definition) is 2. The number of aryl methyl sites for hydroxylation is 1. The van der Waals surface area contributed by atoms with Gasteiger partial charge in [-0.05, 0) is 26.0 Å². The van der Waals surface area contributed by atoms with Crippen LogP contribution in [-0.2, 0) is 6.54 Å². The van der Waals surface area contributed by atoms with E-state index in [1.54, 1.807) is 6.20 Å². The van der Waals surface area contributed by atoms with Gasteiger partial charge >= 0.3 is 0 Å². The average molecular weight is 258 g/mol. The molecule has 2 aromatic rings. The maximum absolute atomic E-state index is 5.85. The molecule has 0 radical (unpaired) electrons. The second-order valence-corrected chi connectivity index (χ2v) is 4.14. The van der Waals surface area contributed by atoms with Crippen LogP contribution in [0.1, 0.15) is 18.3 Å². The fourth-order valence-electron chi connectivity index (χ4n) is 1.71. The van der Waals surface area contributed by atoms with Crippen LogP contribution in [0, 0.1) is 6.92 Å². The molecule has 0 aliphatic rings. The summed E-state index contributed by atoms with van der Waals surface area (Å²) in [5, 5.41) is 3.28. The first-order valence-electron chi connectivity index (χ1n) is 6.23. The Hall–Kier alpha value is -2.30. The first-order valence-corrected chi connectivity index (χ1v) is 6.23. The summed E-state index contributed by atoms with van der Waals surface area (Å²) in [5.41, 5.74) is 7.71. The number of hydrogen-bond acceptors (Lipinski definition) is 5. The normalized spacial score (nSPS) is 10.2. The lowest BCUT2D eigenvalue weighted by atomic mass is 10.2. The van der Waals surface area contributed by atoms with Crippen LogP contribution in [0.25, 0.3) is 0 Å². The number of benzene rings is 1. The van der Waals surface area contributed by atoms with E-state index < -0.39 is 0 Å². The molecule has 0 saturated heterocycles. The van der Waals surface area contributed by atoms with E-state index in [2.05, 4.69) is 15.3 Å². The molecule has 5 nitrogen and oxygen atoms in total. The molecule has 1 aromatic heterocycles. The van der Waals surface area contributed by atoms with Crippen LogP contribution in [0.2, 0.25) is 0 Å². The number of rotatable bonds is 5. The van der Waals surface area contributed by atoms with E-state index in [1.165, 1.54) is 0 Å². The second kappa shape index (κ2) is 6.04. The number of nitrogens with two attached hydrogens (primary N) is 1. The largest absolute Gasteiger partial charge is 0.494 e. The van der Waals surface area contributed by atoms with Gasteiger partial charge in [0.15, 0.2) is 0 Å². The quantitative estimate of drug-likeness (QED) is 0.861. The monoisotopic (exact) mass is 258 g/mol. The fraction of sp³-hybridized carbons (Fsp3) is 0.286. The number of nitrogen functional groups attached to an aromatic ring is 1. The maximum atomic E-state index is 5.85. The predicted molar refractivity (Wildman–Crippen MR) is 76.1 cm³/mol. The number of ether oxygens (including phenoxy) is 1. The van der Waals surface area contributed by atoms with Crippen LogP contribution < -0.4 is 15.8 Å². The van der Waals surface area contributed by atoms with Crippen molar-refractivity contribution in [2.75, 3.05) is 17.7 Å². The van der Waals surface area contributed by atoms with Gasteiger partial charge in [0.25, 0.3) is 0 Å². The van der Waals surface area contributed by atoms with Crippen LogP contribution in [-0.4, -0.2) is 16.6 Å². The van der Waals surface area contributed by atoms with Crippen molar-refractivity contribution in [3.05, 3.63) is 41.9 Å². The molecule has 0 saturated carbocycles. The molecule has 3 N–H and O–H groups in total. The smallest absolute Gasteiger partial charge is 0.132 e. The van der Waals surface area contributed by atoms with Gasteiger partial charge in [-0.3, -0.25) is 0 Å². The Morgan fingerprint density at radius 2 is 2.21 bits per heavy atom. The molecule has 1 heterocycles. The van der Waals surface area contributed by atoms with Gasteiger partial charge in [-0.2, -0.15) is 0 Å². The van der Waals surface area contributed by atoms with Crippen LogP contribution in [0.4, 0.5) is 11.5 Å². The SMILES string of the molecule is CCOc1cccc(NCc2cnc(C)nc2N)c1. The molecule has 0 aliphatic carbocycles. The molecule has 0 amide bonds. The molecule has 0 bridgehead atoms. The topological polar surface area (TPSA) is 73.1 Å². The van der Waals surface area contributed by atoms with Crippen molar-refractivity contribution in [2.24, 2.45) is 0 Å². The highest BCUT2D eigenvalue weighted by atomic mass is 16.5. The molecular weight excluding hydrogens is 240 g/mol. The molecule has 0 fully saturated rings. The Morgan fingerprint density at radius 1 is 1.37 bits per heavy atom. The first kappa shape index (κ1) is 13.1. The number of nitrogens with one attached hydrogen (secondary N) is 1. The fourth-order valence-corrected chi connectivity index (χ4v) is 1.71. The summed E-state index contributed by atoms with van der Waals surface area (Å²) in [6, 6.07) is 7.81. The zero-order chi connectivity index (χ0) is 13.7. The Bertz CT molecular complexity index is 557. The summed E-state index contributed by atoms with van der Waals surface area (Å²) in [7, 11) is 0. The molecule has 0 unspecified atom stereocenters. The van der Waals surface area contributed by atoms with Gasteiger partial charge in [0.1, 0.15) is 17.4 Å². The minimum absolute atomic E-state index is 0.515. The highest BCUT2D eigenvalue weighted by Crippen LogP contribution is 2.18. The van der Waals surface area contributed by atoms with E-state index in [4.69, 9.17) is 10.5 Å². The van der Waals surface area contributed by atoms with Gasteiger partial charge in [-0.15, -0.1) is 0 Å². The average Bonchev–Trinajstić information content (AvgIpc) is 2.38. The van der Waals surface area contributed by atoms with Gasteiger partial charge < -0.3 is 15.8 Å². The molecule has 5 heteroatoms. The number of aromatic nitrogens is 2. The molecule has 0 aliphatic heterocycles. The molecular formula is C14H18N4O. The lowest BCUT2D eigenvalue weighted by Crippen LogP contribution is -2.06. The number of nitrogens with zero attached hydrogens (tertiary/aromatic N) is 2. The van der Waals surface area contributed by atoms with Crippen LogP contribution in [0.5, 0.6) is 5.75 Å². The third kappa shape index (κ3) is 3.58. The zero-order valence-electron chi connectivity index (χ0n) is 11.2. The third-order valence-corrected chi connectivity index (χ3v) is 2.65. The standard InChI is InChI=1S/C14H18N4O/c1-3-19-13-6-4-5-12(7-13)17-9-11-8-16-10(2)18-14(11)15/h4-8,17H,3,9H2,1-2H3,(H2,15,16,18). The van der Waals surface area contributed by atoms with Crippen molar-refractivity contribution in [3.63, 3.8) is 0 Å². The second-order valence-electron chi connectivity index (χ2n) is 4.14. The number of anilines is 2. The Kier molecular flexibility index (Phi) is 4.18. The molecule has 100 valence electrons. The van der Waals surface area contributed by atoms with Crippen molar-refractivity contribution >= 4 is 11.5 Å². The molecule has 0 atom stereocenters. The van der Waals surface area contributed by atoms with Crippen molar-refractivity contribution in [1.82, 2.24) is 9.97 Å². The van der Waals surface area contributed by atoms with Crippen LogP contribution >= 0.6 is 0 Å². The maximum Gasteiger partial charge on any atom is 0.132 e. The van der Waals surface area contributed by atoms with E-state index in [-0.39, 0.29) is 0 Å². The highest BCUT2D eigenvalue weighted by molar-refractivity contribution is 5.50. The minimum atomic E-state index is 0.515. The van der Waals surface area contributed by atoms with E-state index in [0.717, 1.165) is 17.0 Å². The van der Waals surface area contributed by atoms with Crippen LogP contribution in [0.3, 0.4) is 0 Å². The Morgan fingerprint density at radius 3 is 2.95 bits per heavy atom. The van der Waals surface area contributed by atoms with E-state index in [1.807, 2.05) is 38.1 Å². The van der Waals surface area contributed by atoms with Crippen LogP contribution in [0.15, 0.2) is 30.5 Å². The van der Waals surface area contributed by atoms with E-state index in [9.17, 15) is 0 Å². The van der Waals surface area contributed by atoms with Crippen molar-refractivity contribution < 1.29 is 4.74 Å². The lowest BCUT2D eigenvalue weighted by Gasteiger charge is -2.10. The minimum Gasteiger partial charge on any atom is -0.494 e. The third-order valence-electron chi connectivity index (χ3n) is 2.65. The van der Waals surface area contributed by atoms with Gasteiger partial charge in [0.2, 0.25) is 0 Å². The summed E-state index contributed by atoms with van der Waals surface area (Å²) in [6.45, 7) is 5.02.